The average Bonchev–Trinajstić information content (AvgIpc) is 3.23. The maximum absolute atomic E-state index is 15.4. The van der Waals surface area contributed by atoms with Crippen LogP contribution < -0.4 is 24.6 Å². The lowest BCUT2D eigenvalue weighted by Gasteiger charge is -2.38. The summed E-state index contributed by atoms with van der Waals surface area (Å²) in [4.78, 5) is 20.9. The van der Waals surface area contributed by atoms with Crippen LogP contribution in [0.3, 0.4) is 0 Å². The average molecular weight is 526 g/mol. The van der Waals surface area contributed by atoms with Gasteiger partial charge in [0.1, 0.15) is 5.69 Å². The first-order valence-electron chi connectivity index (χ1n) is 11.7. The third-order valence-electron chi connectivity index (χ3n) is 6.28. The van der Waals surface area contributed by atoms with Crippen LogP contribution in [0, 0.1) is 24.0 Å². The number of benzene rings is 1. The number of halogens is 2. The summed E-state index contributed by atoms with van der Waals surface area (Å²) in [5.74, 6) is -2.61. The molecule has 3 aromatic rings. The molecule has 1 aromatic carbocycles. The number of carbonyl (C=O) groups is 1. The maximum atomic E-state index is 15.4. The van der Waals surface area contributed by atoms with Crippen molar-refractivity contribution in [3.05, 3.63) is 59.2 Å². The zero-order chi connectivity index (χ0) is 27.7. The molecule has 1 aliphatic rings. The number of fused-ring (bicyclic) bond motifs is 1. The molecule has 12 heteroatoms. The van der Waals surface area contributed by atoms with Crippen molar-refractivity contribution in [2.45, 2.75) is 20.4 Å². The smallest absolute Gasteiger partial charge is 0.329 e. The van der Waals surface area contributed by atoms with E-state index in [0.717, 1.165) is 22.2 Å². The van der Waals surface area contributed by atoms with Gasteiger partial charge in [-0.1, -0.05) is 0 Å². The number of amides is 2. The molecule has 4 rings (SSSR count). The van der Waals surface area contributed by atoms with Crippen LogP contribution in [-0.2, 0) is 13.6 Å². The Morgan fingerprint density at radius 2 is 1.87 bits per heavy atom. The quantitative estimate of drug-likeness (QED) is 0.428. The minimum absolute atomic E-state index is 0.0294. The highest BCUT2D eigenvalue weighted by molar-refractivity contribution is 6.08. The minimum atomic E-state index is -1.03. The van der Waals surface area contributed by atoms with Crippen LogP contribution in [0.4, 0.5) is 25.0 Å². The molecule has 10 nitrogen and oxygen atoms in total. The molecule has 0 radical (unpaired) electrons. The maximum Gasteiger partial charge on any atom is 0.329 e. The highest BCUT2D eigenvalue weighted by Crippen LogP contribution is 2.41. The van der Waals surface area contributed by atoms with Crippen LogP contribution in [0.2, 0.25) is 0 Å². The standard InChI is InChI=1S/C26H29F2N7O3/c1-14(29)16(9-30-3)11-34-20-7-19(18-13-33(4)32-15(18)2)31-10-17(20)12-35(26(34)36)25-23(27)21(37-5)8-22(38-6)24(25)28/h7-10,13,29-30H,11-12H2,1-6H3/b16-9-,29-14?. The number of nitrogens with zero attached hydrogens (tertiary/aromatic N) is 5. The molecule has 200 valence electrons. The number of hydrogen-bond acceptors (Lipinski definition) is 7. The SMILES string of the molecule is CN/C=C(/CN1C(=O)N(c2c(F)c(OC)cc(OC)c2F)Cc2cnc(-c3cn(C)nc3C)cc21)C(C)=N. The first-order valence-corrected chi connectivity index (χ1v) is 11.7. The Kier molecular flexibility index (Phi) is 7.33. The fourth-order valence-electron chi connectivity index (χ4n) is 4.39. The first kappa shape index (κ1) is 26.6. The number of rotatable bonds is 8. The molecule has 0 saturated heterocycles. The zero-order valence-corrected chi connectivity index (χ0v) is 22.0. The van der Waals surface area contributed by atoms with E-state index in [1.165, 1.54) is 19.1 Å². The van der Waals surface area contributed by atoms with E-state index in [0.29, 0.717) is 22.5 Å². The molecule has 0 atom stereocenters. The van der Waals surface area contributed by atoms with E-state index in [1.54, 1.807) is 44.2 Å². The molecule has 2 amide bonds. The van der Waals surface area contributed by atoms with Crippen LogP contribution in [0.25, 0.3) is 11.3 Å². The second-order valence-corrected chi connectivity index (χ2v) is 8.80. The number of nitrogens with one attached hydrogen (secondary N) is 2. The summed E-state index contributed by atoms with van der Waals surface area (Å²) in [7, 11) is 5.97. The molecule has 38 heavy (non-hydrogen) atoms. The molecule has 2 aromatic heterocycles. The van der Waals surface area contributed by atoms with Gasteiger partial charge in [-0.3, -0.25) is 19.5 Å². The third-order valence-corrected chi connectivity index (χ3v) is 6.28. The lowest BCUT2D eigenvalue weighted by molar-refractivity contribution is 0.250. The Morgan fingerprint density at radius 3 is 2.39 bits per heavy atom. The number of urea groups is 1. The Hall–Kier alpha value is -4.48. The molecular formula is C26H29F2N7O3. The monoisotopic (exact) mass is 525 g/mol. The predicted octanol–water partition coefficient (Wildman–Crippen LogP) is 4.18. The van der Waals surface area contributed by atoms with Crippen LogP contribution in [-0.4, -0.2) is 54.3 Å². The second kappa shape index (κ2) is 10.5. The van der Waals surface area contributed by atoms with Gasteiger partial charge in [0.05, 0.1) is 44.4 Å². The highest BCUT2D eigenvalue weighted by atomic mass is 19.1. The summed E-state index contributed by atoms with van der Waals surface area (Å²) >= 11 is 0. The molecule has 0 fully saturated rings. The Balaban J connectivity index is 1.91. The lowest BCUT2D eigenvalue weighted by Crippen LogP contribution is -2.49. The highest BCUT2D eigenvalue weighted by Gasteiger charge is 2.37. The van der Waals surface area contributed by atoms with E-state index >= 15 is 8.78 Å². The van der Waals surface area contributed by atoms with Crippen LogP contribution in [0.5, 0.6) is 11.5 Å². The number of ether oxygens (including phenoxy) is 2. The first-order chi connectivity index (χ1) is 18.1. The number of anilines is 2. The summed E-state index contributed by atoms with van der Waals surface area (Å²) < 4.78 is 42.7. The van der Waals surface area contributed by atoms with Gasteiger partial charge in [-0.25, -0.2) is 13.6 Å². The summed E-state index contributed by atoms with van der Waals surface area (Å²) in [5.41, 5.74) is 3.34. The van der Waals surface area contributed by atoms with E-state index < -0.39 is 23.4 Å². The summed E-state index contributed by atoms with van der Waals surface area (Å²) in [6.45, 7) is 3.27. The van der Waals surface area contributed by atoms with Crippen molar-refractivity contribution >= 4 is 23.1 Å². The van der Waals surface area contributed by atoms with E-state index in [9.17, 15) is 4.79 Å². The summed E-state index contributed by atoms with van der Waals surface area (Å²) in [5, 5.41) is 15.4. The van der Waals surface area contributed by atoms with Gasteiger partial charge in [-0.2, -0.15) is 5.10 Å². The molecule has 0 spiro atoms. The molecule has 0 bridgehead atoms. The van der Waals surface area contributed by atoms with Crippen molar-refractivity contribution in [3.63, 3.8) is 0 Å². The van der Waals surface area contributed by atoms with Gasteiger partial charge in [0.25, 0.3) is 0 Å². The molecule has 2 N–H and O–H groups in total. The molecule has 3 heterocycles. The van der Waals surface area contributed by atoms with Gasteiger partial charge in [0.2, 0.25) is 0 Å². The second-order valence-electron chi connectivity index (χ2n) is 8.80. The fourth-order valence-corrected chi connectivity index (χ4v) is 4.39. The number of carbonyl (C=O) groups excluding carboxylic acids is 1. The topological polar surface area (TPSA) is 109 Å². The van der Waals surface area contributed by atoms with Crippen molar-refractivity contribution in [3.8, 4) is 22.8 Å². The molecular weight excluding hydrogens is 496 g/mol. The van der Waals surface area contributed by atoms with Gasteiger partial charge < -0.3 is 20.2 Å². The third kappa shape index (κ3) is 4.64. The Morgan fingerprint density at radius 1 is 1.21 bits per heavy atom. The Bertz CT molecular complexity index is 1420. The van der Waals surface area contributed by atoms with Gasteiger partial charge >= 0.3 is 6.03 Å². The van der Waals surface area contributed by atoms with Gasteiger partial charge in [0, 0.05) is 61.2 Å². The number of pyridine rings is 1. The largest absolute Gasteiger partial charge is 0.493 e. The molecule has 0 aliphatic carbocycles. The minimum Gasteiger partial charge on any atom is -0.493 e. The number of hydrogen-bond donors (Lipinski definition) is 2. The predicted molar refractivity (Wildman–Crippen MR) is 140 cm³/mol. The fraction of sp³-hybridized carbons (Fsp3) is 0.308. The molecule has 0 unspecified atom stereocenters. The van der Waals surface area contributed by atoms with Crippen LogP contribution in [0.1, 0.15) is 18.2 Å². The Labute approximate surface area is 219 Å². The van der Waals surface area contributed by atoms with Crippen molar-refractivity contribution in [2.24, 2.45) is 7.05 Å². The van der Waals surface area contributed by atoms with Crippen LogP contribution in [0.15, 0.2) is 36.3 Å². The number of aromatic nitrogens is 3. The number of methoxy groups -OCH3 is 2. The van der Waals surface area contributed by atoms with Crippen molar-refractivity contribution in [2.75, 3.05) is 37.6 Å². The van der Waals surface area contributed by atoms with Gasteiger partial charge in [-0.05, 0) is 19.9 Å². The summed E-state index contributed by atoms with van der Waals surface area (Å²) in [6.07, 6.45) is 5.01. The van der Waals surface area contributed by atoms with E-state index in [2.05, 4.69) is 15.4 Å². The van der Waals surface area contributed by atoms with E-state index in [4.69, 9.17) is 14.9 Å². The van der Waals surface area contributed by atoms with E-state index in [-0.39, 0.29) is 30.3 Å². The van der Waals surface area contributed by atoms with Crippen molar-refractivity contribution < 1.29 is 23.0 Å². The molecule has 1 aliphatic heterocycles. The normalized spacial score (nSPS) is 13.5. The van der Waals surface area contributed by atoms with Gasteiger partial charge in [-0.15, -0.1) is 0 Å². The summed E-state index contributed by atoms with van der Waals surface area (Å²) in [6, 6.07) is 2.16. The lowest BCUT2D eigenvalue weighted by atomic mass is 10.0. The van der Waals surface area contributed by atoms with Crippen LogP contribution >= 0.6 is 0 Å². The number of aryl methyl sites for hydroxylation is 2. The molecule has 0 saturated carbocycles. The zero-order valence-electron chi connectivity index (χ0n) is 22.0. The van der Waals surface area contributed by atoms with Gasteiger partial charge in [0.15, 0.2) is 23.1 Å². The van der Waals surface area contributed by atoms with Crippen molar-refractivity contribution in [1.29, 1.82) is 5.41 Å². The van der Waals surface area contributed by atoms with Crippen molar-refractivity contribution in [1.82, 2.24) is 20.1 Å². The van der Waals surface area contributed by atoms with E-state index in [1.807, 2.05) is 13.1 Å².